The molecular weight excluding hydrogens is 272 g/mol. The van der Waals surface area contributed by atoms with Crippen LogP contribution in [0, 0.1) is 5.92 Å². The van der Waals surface area contributed by atoms with Gasteiger partial charge in [0.25, 0.3) is 0 Å². The summed E-state index contributed by atoms with van der Waals surface area (Å²) in [6.45, 7) is 6.45. The second kappa shape index (κ2) is 6.79. The Morgan fingerprint density at radius 2 is 2.05 bits per heavy atom. The van der Waals surface area contributed by atoms with Gasteiger partial charge in [-0.15, -0.1) is 0 Å². The van der Waals surface area contributed by atoms with Crippen LogP contribution in [0.3, 0.4) is 0 Å². The molecule has 0 aromatic heterocycles. The van der Waals surface area contributed by atoms with Gasteiger partial charge in [0.05, 0.1) is 11.6 Å². The summed E-state index contributed by atoms with van der Waals surface area (Å²) >= 11 is 6.21. The number of benzene rings is 1. The van der Waals surface area contributed by atoms with Crippen LogP contribution in [0.1, 0.15) is 18.4 Å². The maximum absolute atomic E-state index is 6.21. The molecule has 0 unspecified atom stereocenters. The van der Waals surface area contributed by atoms with Crippen LogP contribution in [0.25, 0.3) is 0 Å². The first-order valence-electron chi connectivity index (χ1n) is 7.65. The fraction of sp³-hybridized carbons (Fsp3) is 0.625. The molecule has 1 aliphatic heterocycles. The molecule has 20 heavy (non-hydrogen) atoms. The number of ether oxygens (including phenoxy) is 1. The van der Waals surface area contributed by atoms with Gasteiger partial charge in [0, 0.05) is 32.7 Å². The zero-order chi connectivity index (χ0) is 13.8. The summed E-state index contributed by atoms with van der Waals surface area (Å²) in [5.41, 5.74) is 1.32. The number of nitrogens with one attached hydrogen (secondary N) is 1. The number of rotatable bonds is 6. The highest BCUT2D eigenvalue weighted by Gasteiger charge is 2.22. The summed E-state index contributed by atoms with van der Waals surface area (Å²) in [4.78, 5) is 2.51. The van der Waals surface area contributed by atoms with Crippen LogP contribution in [0.4, 0.5) is 0 Å². The molecule has 0 bridgehead atoms. The van der Waals surface area contributed by atoms with Crippen molar-refractivity contribution in [2.45, 2.75) is 19.3 Å². The van der Waals surface area contributed by atoms with Gasteiger partial charge in [-0.3, -0.25) is 0 Å². The van der Waals surface area contributed by atoms with Gasteiger partial charge in [-0.2, -0.15) is 0 Å². The Labute approximate surface area is 126 Å². The predicted molar refractivity (Wildman–Crippen MR) is 82.7 cm³/mol. The van der Waals surface area contributed by atoms with Crippen molar-refractivity contribution in [3.8, 4) is 5.75 Å². The molecule has 1 heterocycles. The third-order valence-corrected chi connectivity index (χ3v) is 4.41. The minimum Gasteiger partial charge on any atom is -0.492 e. The van der Waals surface area contributed by atoms with Gasteiger partial charge in [0.1, 0.15) is 5.75 Å². The lowest BCUT2D eigenvalue weighted by Crippen LogP contribution is -2.44. The molecule has 4 heteroatoms. The number of halogens is 1. The van der Waals surface area contributed by atoms with Gasteiger partial charge >= 0.3 is 0 Å². The van der Waals surface area contributed by atoms with Gasteiger partial charge in [-0.05, 0) is 42.9 Å². The van der Waals surface area contributed by atoms with Crippen molar-refractivity contribution >= 4 is 11.6 Å². The molecule has 0 radical (unpaired) electrons. The second-order valence-corrected chi connectivity index (χ2v) is 6.27. The van der Waals surface area contributed by atoms with E-state index in [1.54, 1.807) is 0 Å². The summed E-state index contributed by atoms with van der Waals surface area (Å²) in [6.07, 6.45) is 3.68. The van der Waals surface area contributed by atoms with Crippen molar-refractivity contribution in [3.05, 3.63) is 28.8 Å². The van der Waals surface area contributed by atoms with Crippen LogP contribution >= 0.6 is 11.6 Å². The first-order valence-corrected chi connectivity index (χ1v) is 8.03. The van der Waals surface area contributed by atoms with E-state index in [-0.39, 0.29) is 0 Å². The molecule has 0 amide bonds. The first-order chi connectivity index (χ1) is 9.81. The number of hydrogen-bond donors (Lipinski definition) is 1. The maximum atomic E-state index is 6.21. The van der Waals surface area contributed by atoms with Gasteiger partial charge in [0.2, 0.25) is 0 Å². The fourth-order valence-electron chi connectivity index (χ4n) is 2.53. The molecular formula is C16H23ClN2O. The molecule has 1 N–H and O–H groups in total. The maximum Gasteiger partial charge on any atom is 0.138 e. The van der Waals surface area contributed by atoms with Crippen molar-refractivity contribution in [2.24, 2.45) is 5.92 Å². The molecule has 2 aliphatic rings. The molecule has 1 saturated heterocycles. The fourth-order valence-corrected chi connectivity index (χ4v) is 2.70. The number of hydrogen-bond acceptors (Lipinski definition) is 3. The van der Waals surface area contributed by atoms with E-state index in [1.165, 1.54) is 18.4 Å². The number of nitrogens with zero attached hydrogens (tertiary/aromatic N) is 1. The number of piperazine rings is 1. The molecule has 3 nitrogen and oxygen atoms in total. The minimum absolute atomic E-state index is 0.733. The van der Waals surface area contributed by atoms with E-state index in [0.717, 1.165) is 62.4 Å². The standard InChI is InChI=1S/C16H23ClN2O/c17-15-4-3-13(5-8-19-9-6-18-7-10-19)11-16(15)20-12-14-1-2-14/h3-4,11,14,18H,1-2,5-10,12H2. The van der Waals surface area contributed by atoms with Crippen molar-refractivity contribution in [1.82, 2.24) is 10.2 Å². The molecule has 110 valence electrons. The largest absolute Gasteiger partial charge is 0.492 e. The summed E-state index contributed by atoms with van der Waals surface area (Å²) in [5, 5.41) is 4.12. The summed E-state index contributed by atoms with van der Waals surface area (Å²) in [7, 11) is 0. The van der Waals surface area contributed by atoms with E-state index >= 15 is 0 Å². The summed E-state index contributed by atoms with van der Waals surface area (Å²) in [6, 6.07) is 6.21. The van der Waals surface area contributed by atoms with Gasteiger partial charge in [-0.1, -0.05) is 17.7 Å². The Kier molecular flexibility index (Phi) is 4.81. The van der Waals surface area contributed by atoms with Gasteiger partial charge < -0.3 is 15.0 Å². The predicted octanol–water partition coefficient (Wildman–Crippen LogP) is 2.58. The molecule has 3 rings (SSSR count). The lowest BCUT2D eigenvalue weighted by atomic mass is 10.1. The van der Waals surface area contributed by atoms with Crippen LogP contribution in [-0.2, 0) is 6.42 Å². The SMILES string of the molecule is Clc1ccc(CCN2CCNCC2)cc1OCC1CC1. The van der Waals surface area contributed by atoms with E-state index in [2.05, 4.69) is 22.3 Å². The van der Waals surface area contributed by atoms with E-state index < -0.39 is 0 Å². The van der Waals surface area contributed by atoms with Crippen molar-refractivity contribution in [3.63, 3.8) is 0 Å². The lowest BCUT2D eigenvalue weighted by Gasteiger charge is -2.27. The molecule has 1 aromatic rings. The third kappa shape index (κ3) is 4.11. The van der Waals surface area contributed by atoms with Gasteiger partial charge in [0.15, 0.2) is 0 Å². The quantitative estimate of drug-likeness (QED) is 0.873. The smallest absolute Gasteiger partial charge is 0.138 e. The lowest BCUT2D eigenvalue weighted by molar-refractivity contribution is 0.243. The van der Waals surface area contributed by atoms with Gasteiger partial charge in [-0.25, -0.2) is 0 Å². The highest BCUT2D eigenvalue weighted by Crippen LogP contribution is 2.32. The van der Waals surface area contributed by atoms with Crippen LogP contribution in [0.5, 0.6) is 5.75 Å². The van der Waals surface area contributed by atoms with Crippen LogP contribution < -0.4 is 10.1 Å². The Balaban J connectivity index is 1.53. The van der Waals surface area contributed by atoms with Crippen LogP contribution in [-0.4, -0.2) is 44.2 Å². The average Bonchev–Trinajstić information content (AvgIpc) is 3.30. The topological polar surface area (TPSA) is 24.5 Å². The Bertz CT molecular complexity index is 442. The van der Waals surface area contributed by atoms with Crippen LogP contribution in [0.15, 0.2) is 18.2 Å². The Hall–Kier alpha value is -0.770. The zero-order valence-corrected chi connectivity index (χ0v) is 12.7. The molecule has 0 spiro atoms. The van der Waals surface area contributed by atoms with E-state index in [0.29, 0.717) is 0 Å². The van der Waals surface area contributed by atoms with E-state index in [4.69, 9.17) is 16.3 Å². The first kappa shape index (κ1) is 14.2. The average molecular weight is 295 g/mol. The molecule has 1 aromatic carbocycles. The van der Waals surface area contributed by atoms with Crippen molar-refractivity contribution in [2.75, 3.05) is 39.3 Å². The van der Waals surface area contributed by atoms with E-state index in [9.17, 15) is 0 Å². The summed E-state index contributed by atoms with van der Waals surface area (Å²) in [5.74, 6) is 1.62. The summed E-state index contributed by atoms with van der Waals surface area (Å²) < 4.78 is 5.84. The molecule has 1 saturated carbocycles. The zero-order valence-electron chi connectivity index (χ0n) is 11.9. The molecule has 1 aliphatic carbocycles. The van der Waals surface area contributed by atoms with E-state index in [1.807, 2.05) is 6.07 Å². The monoisotopic (exact) mass is 294 g/mol. The normalized spacial score (nSPS) is 20.1. The van der Waals surface area contributed by atoms with Crippen molar-refractivity contribution in [1.29, 1.82) is 0 Å². The molecule has 0 atom stereocenters. The highest BCUT2D eigenvalue weighted by atomic mass is 35.5. The minimum atomic E-state index is 0.733. The Morgan fingerprint density at radius 1 is 1.25 bits per heavy atom. The Morgan fingerprint density at radius 3 is 2.80 bits per heavy atom. The van der Waals surface area contributed by atoms with Crippen molar-refractivity contribution < 1.29 is 4.74 Å². The molecule has 2 fully saturated rings. The second-order valence-electron chi connectivity index (χ2n) is 5.86. The highest BCUT2D eigenvalue weighted by molar-refractivity contribution is 6.32. The van der Waals surface area contributed by atoms with Crippen LogP contribution in [0.2, 0.25) is 5.02 Å². The third-order valence-electron chi connectivity index (χ3n) is 4.09.